The topological polar surface area (TPSA) is 40.6 Å². The number of hydrogen-bond acceptors (Lipinski definition) is 3. The van der Waals surface area contributed by atoms with Crippen LogP contribution in [0.1, 0.15) is 40.0 Å². The van der Waals surface area contributed by atoms with Crippen molar-refractivity contribution in [3.8, 4) is 0 Å². The summed E-state index contributed by atoms with van der Waals surface area (Å²) in [5.74, 6) is 0.678. The van der Waals surface area contributed by atoms with E-state index in [0.717, 1.165) is 38.9 Å². The van der Waals surface area contributed by atoms with Crippen LogP contribution in [0.2, 0.25) is 0 Å². The molecule has 0 bridgehead atoms. The molecule has 1 unspecified atom stereocenters. The van der Waals surface area contributed by atoms with Gasteiger partial charge in [0.05, 0.1) is 0 Å². The van der Waals surface area contributed by atoms with Gasteiger partial charge in [-0.3, -0.25) is 9.59 Å². The Kier molecular flexibility index (Phi) is 4.52. The van der Waals surface area contributed by atoms with Crippen molar-refractivity contribution in [2.24, 2.45) is 17.3 Å². The van der Waals surface area contributed by atoms with Gasteiger partial charge in [-0.05, 0) is 51.7 Å². The Morgan fingerprint density at radius 2 is 1.70 bits per heavy atom. The number of rotatable bonds is 2. The zero-order valence-electron chi connectivity index (χ0n) is 13.3. The molecule has 0 spiro atoms. The SMILES string of the molecule is CC(=O)C1CN(C(=O)C2CCN(C)CC2)CC(C)(C)C1. The van der Waals surface area contributed by atoms with Crippen molar-refractivity contribution >= 4 is 11.7 Å². The zero-order valence-corrected chi connectivity index (χ0v) is 13.3. The van der Waals surface area contributed by atoms with Crippen LogP contribution in [0.15, 0.2) is 0 Å². The molecular weight excluding hydrogens is 252 g/mol. The van der Waals surface area contributed by atoms with E-state index < -0.39 is 0 Å². The Morgan fingerprint density at radius 3 is 2.25 bits per heavy atom. The van der Waals surface area contributed by atoms with Crippen LogP contribution in [-0.4, -0.2) is 54.7 Å². The molecule has 2 saturated heterocycles. The molecule has 4 heteroatoms. The fourth-order valence-electron chi connectivity index (χ4n) is 3.60. The van der Waals surface area contributed by atoms with E-state index in [0.29, 0.717) is 6.54 Å². The Balaban J connectivity index is 2.03. The van der Waals surface area contributed by atoms with Gasteiger partial charge in [0.2, 0.25) is 5.91 Å². The van der Waals surface area contributed by atoms with Crippen molar-refractivity contribution in [1.29, 1.82) is 0 Å². The van der Waals surface area contributed by atoms with Crippen LogP contribution in [0, 0.1) is 17.3 Å². The largest absolute Gasteiger partial charge is 0.341 e. The first-order chi connectivity index (χ1) is 9.28. The van der Waals surface area contributed by atoms with Gasteiger partial charge in [-0.25, -0.2) is 0 Å². The first-order valence-electron chi connectivity index (χ1n) is 7.76. The second kappa shape index (κ2) is 5.84. The van der Waals surface area contributed by atoms with E-state index in [1.807, 2.05) is 4.90 Å². The molecule has 2 aliphatic rings. The second-order valence-electron chi connectivity index (χ2n) is 7.47. The molecule has 1 atom stereocenters. The van der Waals surface area contributed by atoms with Crippen LogP contribution in [0.25, 0.3) is 0 Å². The first kappa shape index (κ1) is 15.5. The van der Waals surface area contributed by atoms with E-state index in [4.69, 9.17) is 0 Å². The van der Waals surface area contributed by atoms with Gasteiger partial charge in [-0.1, -0.05) is 13.8 Å². The predicted octanol–water partition coefficient (Wildman–Crippen LogP) is 1.79. The Morgan fingerprint density at radius 1 is 1.10 bits per heavy atom. The number of carbonyl (C=O) groups excluding carboxylic acids is 2. The molecule has 114 valence electrons. The third-order valence-electron chi connectivity index (χ3n) is 4.81. The van der Waals surface area contributed by atoms with Crippen LogP contribution in [0.4, 0.5) is 0 Å². The Hall–Kier alpha value is -0.900. The highest BCUT2D eigenvalue weighted by molar-refractivity contribution is 5.82. The van der Waals surface area contributed by atoms with Crippen LogP contribution >= 0.6 is 0 Å². The standard InChI is InChI=1S/C16H28N2O2/c1-12(19)14-9-16(2,3)11-18(10-14)15(20)13-5-7-17(4)8-6-13/h13-14H,5-11H2,1-4H3. The third kappa shape index (κ3) is 3.60. The molecular formula is C16H28N2O2. The first-order valence-corrected chi connectivity index (χ1v) is 7.76. The van der Waals surface area contributed by atoms with Crippen molar-refractivity contribution in [3.05, 3.63) is 0 Å². The lowest BCUT2D eigenvalue weighted by molar-refractivity contribution is -0.143. The van der Waals surface area contributed by atoms with Crippen LogP contribution < -0.4 is 0 Å². The van der Waals surface area contributed by atoms with Crippen LogP contribution in [-0.2, 0) is 9.59 Å². The van der Waals surface area contributed by atoms with Gasteiger partial charge in [-0.2, -0.15) is 0 Å². The molecule has 0 aromatic heterocycles. The van der Waals surface area contributed by atoms with Crippen molar-refractivity contribution in [3.63, 3.8) is 0 Å². The summed E-state index contributed by atoms with van der Waals surface area (Å²) in [6.07, 6.45) is 2.81. The molecule has 20 heavy (non-hydrogen) atoms. The van der Waals surface area contributed by atoms with E-state index in [9.17, 15) is 9.59 Å². The van der Waals surface area contributed by atoms with Crippen molar-refractivity contribution < 1.29 is 9.59 Å². The summed E-state index contributed by atoms with van der Waals surface area (Å²) < 4.78 is 0. The summed E-state index contributed by atoms with van der Waals surface area (Å²) in [6, 6.07) is 0. The van der Waals surface area contributed by atoms with E-state index >= 15 is 0 Å². The average Bonchev–Trinajstić information content (AvgIpc) is 2.37. The minimum Gasteiger partial charge on any atom is -0.341 e. The Labute approximate surface area is 122 Å². The highest BCUT2D eigenvalue weighted by Crippen LogP contribution is 2.34. The van der Waals surface area contributed by atoms with Gasteiger partial charge < -0.3 is 9.80 Å². The van der Waals surface area contributed by atoms with Crippen LogP contribution in [0.3, 0.4) is 0 Å². The molecule has 2 fully saturated rings. The van der Waals surface area contributed by atoms with E-state index in [2.05, 4.69) is 25.8 Å². The molecule has 0 radical (unpaired) electrons. The summed E-state index contributed by atoms with van der Waals surface area (Å²) in [5.41, 5.74) is 0.0513. The summed E-state index contributed by atoms with van der Waals surface area (Å²) in [4.78, 5) is 28.7. The number of likely N-dealkylation sites (tertiary alicyclic amines) is 2. The minimum atomic E-state index is 0.0222. The second-order valence-corrected chi connectivity index (χ2v) is 7.47. The summed E-state index contributed by atoms with van der Waals surface area (Å²) >= 11 is 0. The quantitative estimate of drug-likeness (QED) is 0.774. The number of amides is 1. The van der Waals surface area contributed by atoms with E-state index in [-0.39, 0.29) is 28.9 Å². The van der Waals surface area contributed by atoms with Gasteiger partial charge in [-0.15, -0.1) is 0 Å². The van der Waals surface area contributed by atoms with E-state index in [1.165, 1.54) is 0 Å². The van der Waals surface area contributed by atoms with E-state index in [1.54, 1.807) is 6.92 Å². The molecule has 0 N–H and O–H groups in total. The lowest BCUT2D eigenvalue weighted by Crippen LogP contribution is -2.52. The number of nitrogens with zero attached hydrogens (tertiary/aromatic N) is 2. The molecule has 4 nitrogen and oxygen atoms in total. The third-order valence-corrected chi connectivity index (χ3v) is 4.81. The fraction of sp³-hybridized carbons (Fsp3) is 0.875. The smallest absolute Gasteiger partial charge is 0.225 e. The molecule has 0 aromatic carbocycles. The summed E-state index contributed by atoms with van der Waals surface area (Å²) in [5, 5.41) is 0. The highest BCUT2D eigenvalue weighted by atomic mass is 16.2. The summed E-state index contributed by atoms with van der Waals surface area (Å²) in [7, 11) is 2.11. The van der Waals surface area contributed by atoms with Gasteiger partial charge in [0.15, 0.2) is 0 Å². The maximum Gasteiger partial charge on any atom is 0.225 e. The lowest BCUT2D eigenvalue weighted by Gasteiger charge is -2.43. The van der Waals surface area contributed by atoms with Gasteiger partial charge in [0.25, 0.3) is 0 Å². The Bertz CT molecular complexity index is 384. The molecule has 2 aliphatic heterocycles. The molecule has 0 saturated carbocycles. The number of piperidine rings is 2. The number of hydrogen-bond donors (Lipinski definition) is 0. The zero-order chi connectivity index (χ0) is 14.9. The minimum absolute atomic E-state index is 0.0222. The fourth-order valence-corrected chi connectivity index (χ4v) is 3.60. The molecule has 0 aromatic rings. The van der Waals surface area contributed by atoms with Gasteiger partial charge >= 0.3 is 0 Å². The molecule has 1 amide bonds. The van der Waals surface area contributed by atoms with Crippen molar-refractivity contribution in [1.82, 2.24) is 9.80 Å². The normalized spacial score (nSPS) is 28.4. The molecule has 2 heterocycles. The van der Waals surface area contributed by atoms with Gasteiger partial charge in [0, 0.05) is 24.9 Å². The highest BCUT2D eigenvalue weighted by Gasteiger charge is 2.38. The molecule has 0 aliphatic carbocycles. The molecule has 2 rings (SSSR count). The number of ketones is 1. The van der Waals surface area contributed by atoms with Crippen molar-refractivity contribution in [2.75, 3.05) is 33.2 Å². The lowest BCUT2D eigenvalue weighted by atomic mass is 9.76. The summed E-state index contributed by atoms with van der Waals surface area (Å²) in [6.45, 7) is 9.41. The average molecular weight is 280 g/mol. The number of Topliss-reactive ketones (excluding diaryl/α,β-unsaturated/α-hetero) is 1. The van der Waals surface area contributed by atoms with Gasteiger partial charge in [0.1, 0.15) is 5.78 Å². The van der Waals surface area contributed by atoms with Crippen molar-refractivity contribution in [2.45, 2.75) is 40.0 Å². The van der Waals surface area contributed by atoms with Crippen LogP contribution in [0.5, 0.6) is 0 Å². The number of carbonyl (C=O) groups is 2. The monoisotopic (exact) mass is 280 g/mol. The maximum absolute atomic E-state index is 12.7. The maximum atomic E-state index is 12.7. The predicted molar refractivity (Wildman–Crippen MR) is 79.4 cm³/mol.